The summed E-state index contributed by atoms with van der Waals surface area (Å²) >= 11 is 0. The third-order valence-corrected chi connectivity index (χ3v) is 6.15. The van der Waals surface area contributed by atoms with E-state index in [9.17, 15) is 4.79 Å². The van der Waals surface area contributed by atoms with Gasteiger partial charge < -0.3 is 9.47 Å². The van der Waals surface area contributed by atoms with Crippen LogP contribution in [0.4, 0.5) is 0 Å². The second-order valence-electron chi connectivity index (χ2n) is 8.05. The Kier molecular flexibility index (Phi) is 5.31. The lowest BCUT2D eigenvalue weighted by molar-refractivity contribution is 0.101. The molecule has 5 rings (SSSR count). The molecule has 5 aromatic rings. The van der Waals surface area contributed by atoms with Gasteiger partial charge in [-0.3, -0.25) is 4.79 Å². The summed E-state index contributed by atoms with van der Waals surface area (Å²) in [6.45, 7) is 1.60. The van der Waals surface area contributed by atoms with Crippen molar-refractivity contribution in [3.05, 3.63) is 96.6 Å². The maximum atomic E-state index is 12.2. The number of fused-ring (bicyclic) bond motifs is 3. The standard InChI is InChI=1S/C30H24O3/c1-19(31)22-14-15-23-24(16-22)25-17-27(32-2)28(33-3)18-26(25)30(21-12-8-5-9-13-21)29(23)20-10-6-4-7-11-20/h4-18H,1-3H3. The number of carbonyl (C=O) groups excluding carboxylic acids is 1. The van der Waals surface area contributed by atoms with Crippen LogP contribution in [-0.4, -0.2) is 20.0 Å². The van der Waals surface area contributed by atoms with E-state index in [0.29, 0.717) is 17.1 Å². The van der Waals surface area contributed by atoms with Crippen LogP contribution in [0.15, 0.2) is 91.0 Å². The summed E-state index contributed by atoms with van der Waals surface area (Å²) in [5, 5.41) is 4.16. The summed E-state index contributed by atoms with van der Waals surface area (Å²) in [5.74, 6) is 1.37. The second kappa shape index (κ2) is 8.44. The Bertz CT molecular complexity index is 1490. The Morgan fingerprint density at radius 3 is 1.58 bits per heavy atom. The first kappa shape index (κ1) is 20.8. The number of ketones is 1. The number of ether oxygens (including phenoxy) is 2. The van der Waals surface area contributed by atoms with Gasteiger partial charge in [0.15, 0.2) is 17.3 Å². The van der Waals surface area contributed by atoms with Gasteiger partial charge in [-0.2, -0.15) is 0 Å². The lowest BCUT2D eigenvalue weighted by atomic mass is 9.84. The minimum atomic E-state index is 0.0407. The number of methoxy groups -OCH3 is 2. The zero-order chi connectivity index (χ0) is 22.9. The van der Waals surface area contributed by atoms with Gasteiger partial charge >= 0.3 is 0 Å². The third-order valence-electron chi connectivity index (χ3n) is 6.15. The Hall–Kier alpha value is -4.11. The van der Waals surface area contributed by atoms with E-state index < -0.39 is 0 Å². The van der Waals surface area contributed by atoms with Gasteiger partial charge in [-0.05, 0) is 68.9 Å². The fraction of sp³-hybridized carbons (Fsp3) is 0.100. The molecule has 0 N–H and O–H groups in total. The number of benzene rings is 5. The summed E-state index contributed by atoms with van der Waals surface area (Å²) in [4.78, 5) is 12.2. The Morgan fingerprint density at radius 2 is 1.06 bits per heavy atom. The van der Waals surface area contributed by atoms with E-state index in [2.05, 4.69) is 54.6 Å². The molecule has 0 aromatic heterocycles. The maximum Gasteiger partial charge on any atom is 0.161 e. The monoisotopic (exact) mass is 432 g/mol. The van der Waals surface area contributed by atoms with Gasteiger partial charge in [0.25, 0.3) is 0 Å². The maximum absolute atomic E-state index is 12.2. The zero-order valence-electron chi connectivity index (χ0n) is 18.9. The molecule has 3 heteroatoms. The van der Waals surface area contributed by atoms with Gasteiger partial charge in [0, 0.05) is 5.56 Å². The molecule has 0 bridgehead atoms. The molecule has 162 valence electrons. The van der Waals surface area contributed by atoms with E-state index in [1.54, 1.807) is 21.1 Å². The minimum Gasteiger partial charge on any atom is -0.493 e. The zero-order valence-corrected chi connectivity index (χ0v) is 18.9. The first-order valence-electron chi connectivity index (χ1n) is 10.9. The lowest BCUT2D eigenvalue weighted by Crippen LogP contribution is -1.97. The lowest BCUT2D eigenvalue weighted by Gasteiger charge is -2.20. The van der Waals surface area contributed by atoms with Crippen molar-refractivity contribution < 1.29 is 14.3 Å². The highest BCUT2D eigenvalue weighted by atomic mass is 16.5. The highest BCUT2D eigenvalue weighted by molar-refractivity contribution is 6.23. The number of hydrogen-bond donors (Lipinski definition) is 0. The molecule has 0 radical (unpaired) electrons. The molecular formula is C30H24O3. The molecule has 0 atom stereocenters. The molecule has 3 nitrogen and oxygen atoms in total. The Balaban J connectivity index is 2.06. The molecular weight excluding hydrogens is 408 g/mol. The van der Waals surface area contributed by atoms with E-state index >= 15 is 0 Å². The van der Waals surface area contributed by atoms with Crippen molar-refractivity contribution in [3.63, 3.8) is 0 Å². The smallest absolute Gasteiger partial charge is 0.161 e. The van der Waals surface area contributed by atoms with Crippen LogP contribution in [0.25, 0.3) is 43.8 Å². The average Bonchev–Trinajstić information content (AvgIpc) is 2.87. The van der Waals surface area contributed by atoms with Crippen LogP contribution in [0, 0.1) is 0 Å². The SMILES string of the molecule is COc1cc2c(-c3ccccc3)c(-c3ccccc3)c3ccc(C(C)=O)cc3c2cc1OC. The summed E-state index contributed by atoms with van der Waals surface area (Å²) in [7, 11) is 3.29. The predicted octanol–water partition coefficient (Wildman–Crippen LogP) is 7.55. The minimum absolute atomic E-state index is 0.0407. The van der Waals surface area contributed by atoms with Crippen molar-refractivity contribution in [2.45, 2.75) is 6.92 Å². The van der Waals surface area contributed by atoms with Gasteiger partial charge in [-0.15, -0.1) is 0 Å². The number of hydrogen-bond acceptors (Lipinski definition) is 3. The van der Waals surface area contributed by atoms with Gasteiger partial charge in [0.05, 0.1) is 14.2 Å². The Morgan fingerprint density at radius 1 is 0.576 bits per heavy atom. The molecule has 33 heavy (non-hydrogen) atoms. The molecule has 0 fully saturated rings. The van der Waals surface area contributed by atoms with Crippen molar-refractivity contribution in [2.24, 2.45) is 0 Å². The predicted molar refractivity (Wildman–Crippen MR) is 135 cm³/mol. The normalized spacial score (nSPS) is 11.0. The van der Waals surface area contributed by atoms with Crippen LogP contribution in [-0.2, 0) is 0 Å². The van der Waals surface area contributed by atoms with Crippen LogP contribution in [0.2, 0.25) is 0 Å². The van der Waals surface area contributed by atoms with Crippen molar-refractivity contribution in [1.82, 2.24) is 0 Å². The summed E-state index contributed by atoms with van der Waals surface area (Å²) in [6, 6.07) is 30.8. The highest BCUT2D eigenvalue weighted by Gasteiger charge is 2.20. The number of rotatable bonds is 5. The van der Waals surface area contributed by atoms with Crippen LogP contribution < -0.4 is 9.47 Å². The highest BCUT2D eigenvalue weighted by Crippen LogP contribution is 2.47. The van der Waals surface area contributed by atoms with E-state index in [4.69, 9.17) is 9.47 Å². The van der Waals surface area contributed by atoms with Crippen molar-refractivity contribution in [3.8, 4) is 33.8 Å². The molecule has 0 saturated carbocycles. The molecule has 0 aliphatic rings. The quantitative estimate of drug-likeness (QED) is 0.212. The van der Waals surface area contributed by atoms with Gasteiger partial charge in [-0.1, -0.05) is 72.8 Å². The van der Waals surface area contributed by atoms with Crippen LogP contribution in [0.5, 0.6) is 11.5 Å². The van der Waals surface area contributed by atoms with E-state index in [1.807, 2.05) is 36.4 Å². The van der Waals surface area contributed by atoms with E-state index in [-0.39, 0.29) is 5.78 Å². The topological polar surface area (TPSA) is 35.5 Å². The summed E-state index contributed by atoms with van der Waals surface area (Å²) in [6.07, 6.45) is 0. The first-order valence-corrected chi connectivity index (χ1v) is 10.9. The molecule has 0 aliphatic carbocycles. The molecule has 0 unspecified atom stereocenters. The summed E-state index contributed by atoms with van der Waals surface area (Å²) < 4.78 is 11.3. The Labute approximate surface area is 193 Å². The third kappa shape index (κ3) is 3.52. The fourth-order valence-electron chi connectivity index (χ4n) is 4.59. The average molecular weight is 433 g/mol. The number of Topliss-reactive ketones (excluding diaryl/α,β-unsaturated/α-hetero) is 1. The van der Waals surface area contributed by atoms with Crippen molar-refractivity contribution in [1.29, 1.82) is 0 Å². The molecule has 0 saturated heterocycles. The summed E-state index contributed by atoms with van der Waals surface area (Å²) in [5.41, 5.74) is 5.18. The van der Waals surface area contributed by atoms with E-state index in [0.717, 1.165) is 43.8 Å². The van der Waals surface area contributed by atoms with Crippen molar-refractivity contribution in [2.75, 3.05) is 14.2 Å². The van der Waals surface area contributed by atoms with Crippen LogP contribution >= 0.6 is 0 Å². The van der Waals surface area contributed by atoms with Gasteiger partial charge in [0.1, 0.15) is 0 Å². The first-order chi connectivity index (χ1) is 16.1. The molecule has 0 spiro atoms. The van der Waals surface area contributed by atoms with Gasteiger partial charge in [-0.25, -0.2) is 0 Å². The van der Waals surface area contributed by atoms with Crippen LogP contribution in [0.1, 0.15) is 17.3 Å². The molecule has 0 heterocycles. The van der Waals surface area contributed by atoms with Crippen molar-refractivity contribution >= 4 is 27.3 Å². The van der Waals surface area contributed by atoms with Gasteiger partial charge in [0.2, 0.25) is 0 Å². The molecule has 0 aliphatic heterocycles. The van der Waals surface area contributed by atoms with Crippen LogP contribution in [0.3, 0.4) is 0 Å². The molecule has 5 aromatic carbocycles. The second-order valence-corrected chi connectivity index (χ2v) is 8.05. The molecule has 0 amide bonds. The fourth-order valence-corrected chi connectivity index (χ4v) is 4.59. The number of carbonyl (C=O) groups is 1. The largest absolute Gasteiger partial charge is 0.493 e. The van der Waals surface area contributed by atoms with E-state index in [1.165, 1.54) is 0 Å².